The number of carbonyl (C=O) groups is 2. The number of rotatable bonds is 9. The van der Waals surface area contributed by atoms with Gasteiger partial charge in [0.25, 0.3) is 0 Å². The number of aliphatic hydroxyl groups excluding tert-OH is 2. The summed E-state index contributed by atoms with van der Waals surface area (Å²) in [6.07, 6.45) is 7.66. The highest BCUT2D eigenvalue weighted by Crippen LogP contribution is 2.48. The number of Topliss-reactive ketones (excluding diaryl/α,β-unsaturated/α-hetero) is 1. The van der Waals surface area contributed by atoms with Crippen molar-refractivity contribution in [1.29, 1.82) is 0 Å². The van der Waals surface area contributed by atoms with Gasteiger partial charge in [-0.2, -0.15) is 0 Å². The molecule has 2 saturated heterocycles. The third kappa shape index (κ3) is 5.23. The van der Waals surface area contributed by atoms with Gasteiger partial charge < -0.3 is 24.4 Å². The Hall–Kier alpha value is -2.06. The lowest BCUT2D eigenvalue weighted by atomic mass is 9.82. The zero-order chi connectivity index (χ0) is 23.0. The molecule has 0 aromatic carbocycles. The van der Waals surface area contributed by atoms with Crippen molar-refractivity contribution in [3.8, 4) is 0 Å². The molecule has 7 heteroatoms. The molecule has 5 atom stereocenters. The third-order valence-corrected chi connectivity index (χ3v) is 6.07. The van der Waals surface area contributed by atoms with Gasteiger partial charge in [-0.1, -0.05) is 35.5 Å². The first kappa shape index (κ1) is 23.6. The van der Waals surface area contributed by atoms with Crippen LogP contribution in [0.4, 0.5) is 0 Å². The summed E-state index contributed by atoms with van der Waals surface area (Å²) in [4.78, 5) is 23.4. The monoisotopic (exact) mass is 432 g/mol. The van der Waals surface area contributed by atoms with Gasteiger partial charge >= 0.3 is 5.97 Å². The number of ether oxygens (including phenoxy) is 3. The van der Waals surface area contributed by atoms with Crippen molar-refractivity contribution in [2.24, 2.45) is 0 Å². The maximum absolute atomic E-state index is 12.5. The standard InChI is InChI=1S/C24H32O7/c1-14(9-10-20-23(4,5)30-20)7-6-8-15(2)11-18(26)24-19(27)12-17(13-29-16(3)25)21(28)22(24)31-24/h6-8,11-12,18-20,22,26-27H,9-10,13H2,1-5H3/b8-6+,14-7+,15-11+/t18?,19-,20?,22-,24+/m0/s1. The molecule has 3 rings (SSSR count). The van der Waals surface area contributed by atoms with Gasteiger partial charge in [-0.15, -0.1) is 0 Å². The van der Waals surface area contributed by atoms with Crippen LogP contribution in [0.2, 0.25) is 0 Å². The molecule has 7 nitrogen and oxygen atoms in total. The second-order valence-corrected chi connectivity index (χ2v) is 9.11. The highest BCUT2D eigenvalue weighted by Gasteiger charge is 2.70. The van der Waals surface area contributed by atoms with E-state index in [0.717, 1.165) is 18.4 Å². The minimum absolute atomic E-state index is 0.00914. The van der Waals surface area contributed by atoms with Crippen LogP contribution in [-0.4, -0.2) is 64.2 Å². The van der Waals surface area contributed by atoms with Crippen molar-refractivity contribution in [3.05, 3.63) is 47.1 Å². The first-order chi connectivity index (χ1) is 14.5. The number of hydrogen-bond acceptors (Lipinski definition) is 7. The van der Waals surface area contributed by atoms with Crippen LogP contribution >= 0.6 is 0 Å². The summed E-state index contributed by atoms with van der Waals surface area (Å²) in [6, 6.07) is 0. The van der Waals surface area contributed by atoms with Gasteiger partial charge in [-0.05, 0) is 46.6 Å². The van der Waals surface area contributed by atoms with E-state index in [4.69, 9.17) is 14.2 Å². The highest BCUT2D eigenvalue weighted by atomic mass is 16.6. The van der Waals surface area contributed by atoms with Crippen molar-refractivity contribution in [3.63, 3.8) is 0 Å². The van der Waals surface area contributed by atoms with Crippen LogP contribution in [0.3, 0.4) is 0 Å². The molecule has 31 heavy (non-hydrogen) atoms. The van der Waals surface area contributed by atoms with Crippen LogP contribution in [0.1, 0.15) is 47.5 Å². The van der Waals surface area contributed by atoms with Crippen molar-refractivity contribution in [1.82, 2.24) is 0 Å². The molecule has 2 unspecified atom stereocenters. The van der Waals surface area contributed by atoms with Gasteiger partial charge in [0.15, 0.2) is 17.5 Å². The molecule has 0 spiro atoms. The summed E-state index contributed by atoms with van der Waals surface area (Å²) in [5.74, 6) is -0.898. The zero-order valence-corrected chi connectivity index (χ0v) is 18.8. The number of aliphatic hydroxyl groups is 2. The number of epoxide rings is 2. The molecular formula is C24H32O7. The van der Waals surface area contributed by atoms with E-state index in [1.807, 2.05) is 25.2 Å². The Morgan fingerprint density at radius 1 is 1.29 bits per heavy atom. The Balaban J connectivity index is 1.57. The van der Waals surface area contributed by atoms with Crippen molar-refractivity contribution in [2.45, 2.75) is 83.1 Å². The lowest BCUT2D eigenvalue weighted by molar-refractivity contribution is -0.140. The third-order valence-electron chi connectivity index (χ3n) is 6.07. The largest absolute Gasteiger partial charge is 0.461 e. The Morgan fingerprint density at radius 2 is 1.97 bits per heavy atom. The van der Waals surface area contributed by atoms with E-state index in [-0.39, 0.29) is 23.6 Å². The maximum Gasteiger partial charge on any atom is 0.302 e. The Labute approximate surface area is 183 Å². The molecule has 0 saturated carbocycles. The fourth-order valence-electron chi connectivity index (χ4n) is 3.90. The molecular weight excluding hydrogens is 400 g/mol. The molecule has 0 aromatic heterocycles. The second-order valence-electron chi connectivity index (χ2n) is 9.11. The van der Waals surface area contributed by atoms with E-state index in [9.17, 15) is 19.8 Å². The van der Waals surface area contributed by atoms with Crippen molar-refractivity contribution < 1.29 is 34.0 Å². The Morgan fingerprint density at radius 3 is 2.58 bits per heavy atom. The summed E-state index contributed by atoms with van der Waals surface area (Å²) in [5.41, 5.74) is 0.818. The van der Waals surface area contributed by atoms with Gasteiger partial charge in [0, 0.05) is 12.5 Å². The van der Waals surface area contributed by atoms with E-state index in [1.54, 1.807) is 6.08 Å². The van der Waals surface area contributed by atoms with Gasteiger partial charge in [-0.3, -0.25) is 9.59 Å². The maximum atomic E-state index is 12.5. The fraction of sp³-hybridized carbons (Fsp3) is 0.583. The first-order valence-electron chi connectivity index (χ1n) is 10.6. The van der Waals surface area contributed by atoms with Crippen LogP contribution in [0.15, 0.2) is 47.1 Å². The van der Waals surface area contributed by atoms with E-state index < -0.39 is 29.9 Å². The Kier molecular flexibility index (Phi) is 6.72. The number of hydrogen-bond donors (Lipinski definition) is 2. The average Bonchev–Trinajstić information content (AvgIpc) is 3.56. The van der Waals surface area contributed by atoms with Gasteiger partial charge in [0.05, 0.1) is 11.7 Å². The van der Waals surface area contributed by atoms with Crippen molar-refractivity contribution >= 4 is 11.8 Å². The summed E-state index contributed by atoms with van der Waals surface area (Å²) in [7, 11) is 0. The number of allylic oxidation sites excluding steroid dienone is 5. The molecule has 0 bridgehead atoms. The van der Waals surface area contributed by atoms with Crippen LogP contribution < -0.4 is 0 Å². The summed E-state index contributed by atoms with van der Waals surface area (Å²) in [5, 5.41) is 21.1. The molecule has 3 aliphatic rings. The van der Waals surface area contributed by atoms with Gasteiger partial charge in [0.2, 0.25) is 0 Å². The van der Waals surface area contributed by atoms with Crippen LogP contribution in [0, 0.1) is 0 Å². The van der Waals surface area contributed by atoms with E-state index in [0.29, 0.717) is 6.10 Å². The molecule has 1 aliphatic carbocycles. The minimum Gasteiger partial charge on any atom is -0.461 e. The van der Waals surface area contributed by atoms with E-state index in [2.05, 4.69) is 20.8 Å². The average molecular weight is 433 g/mol. The highest BCUT2D eigenvalue weighted by molar-refractivity contribution is 6.03. The lowest BCUT2D eigenvalue weighted by Gasteiger charge is -2.25. The molecule has 2 fully saturated rings. The summed E-state index contributed by atoms with van der Waals surface area (Å²) in [6.45, 7) is 9.11. The second kappa shape index (κ2) is 8.82. The smallest absolute Gasteiger partial charge is 0.302 e. The predicted molar refractivity (Wildman–Crippen MR) is 114 cm³/mol. The molecule has 2 aliphatic heterocycles. The molecule has 0 aromatic rings. The summed E-state index contributed by atoms with van der Waals surface area (Å²) < 4.78 is 15.9. The normalized spacial score (nSPS) is 33.1. The molecule has 170 valence electrons. The zero-order valence-electron chi connectivity index (χ0n) is 18.8. The van der Waals surface area contributed by atoms with E-state index >= 15 is 0 Å². The SMILES string of the molecule is CC(=O)OCC1=C[C@H](O)[C@@]2(C(O)/C=C(C)/C=C/C=C(\C)CCC3OC3(C)C)O[C@H]2C1=O. The number of esters is 1. The fourth-order valence-corrected chi connectivity index (χ4v) is 3.90. The number of carbonyl (C=O) groups excluding carboxylic acids is 2. The van der Waals surface area contributed by atoms with E-state index in [1.165, 1.54) is 18.6 Å². The van der Waals surface area contributed by atoms with Crippen LogP contribution in [0.25, 0.3) is 0 Å². The number of fused-ring (bicyclic) bond motifs is 1. The van der Waals surface area contributed by atoms with Crippen LogP contribution in [0.5, 0.6) is 0 Å². The minimum atomic E-state index is -1.38. The first-order valence-corrected chi connectivity index (χ1v) is 10.6. The Bertz CT molecular complexity index is 863. The lowest BCUT2D eigenvalue weighted by Crippen LogP contribution is -2.46. The molecule has 2 heterocycles. The summed E-state index contributed by atoms with van der Waals surface area (Å²) >= 11 is 0. The quantitative estimate of drug-likeness (QED) is 0.327. The number of ketones is 1. The van der Waals surface area contributed by atoms with Crippen molar-refractivity contribution in [2.75, 3.05) is 6.61 Å². The van der Waals surface area contributed by atoms with Gasteiger partial charge in [-0.25, -0.2) is 0 Å². The predicted octanol–water partition coefficient (Wildman–Crippen LogP) is 2.32. The molecule has 2 N–H and O–H groups in total. The van der Waals surface area contributed by atoms with Gasteiger partial charge in [0.1, 0.15) is 18.8 Å². The van der Waals surface area contributed by atoms with Crippen LogP contribution in [-0.2, 0) is 23.8 Å². The topological polar surface area (TPSA) is 109 Å². The molecule has 0 radical (unpaired) electrons. The molecule has 0 amide bonds.